The zero-order valence-corrected chi connectivity index (χ0v) is 18.5. The lowest BCUT2D eigenvalue weighted by atomic mass is 9.95. The SMILES string of the molecule is C[C@@H]1CN(c2c(F)cc(NC=C3C(=O)NC(=O)c4ccc(Br)cc43)cc2F)C[C@H](C)N1. The Morgan fingerprint density at radius 2 is 1.68 bits per heavy atom. The van der Waals surface area contributed by atoms with Crippen LogP contribution in [0.1, 0.15) is 29.8 Å². The number of hydrogen-bond acceptors (Lipinski definition) is 5. The number of amides is 2. The minimum Gasteiger partial charge on any atom is -0.364 e. The molecule has 1 saturated heterocycles. The van der Waals surface area contributed by atoms with E-state index in [9.17, 15) is 18.4 Å². The maximum atomic E-state index is 14.8. The highest BCUT2D eigenvalue weighted by Crippen LogP contribution is 2.30. The third-order valence-electron chi connectivity index (χ3n) is 5.26. The van der Waals surface area contributed by atoms with Gasteiger partial charge in [0.05, 0.1) is 5.57 Å². The van der Waals surface area contributed by atoms with E-state index >= 15 is 0 Å². The van der Waals surface area contributed by atoms with Crippen LogP contribution in [0.3, 0.4) is 0 Å². The third kappa shape index (κ3) is 4.33. The van der Waals surface area contributed by atoms with Gasteiger partial charge in [-0.05, 0) is 44.2 Å². The molecule has 0 spiro atoms. The van der Waals surface area contributed by atoms with E-state index in [1.54, 1.807) is 23.1 Å². The first-order chi connectivity index (χ1) is 14.7. The van der Waals surface area contributed by atoms with E-state index in [0.29, 0.717) is 28.7 Å². The van der Waals surface area contributed by atoms with Crippen molar-refractivity contribution in [2.45, 2.75) is 25.9 Å². The molecule has 2 atom stereocenters. The van der Waals surface area contributed by atoms with Crippen LogP contribution in [0.4, 0.5) is 20.2 Å². The molecule has 2 amide bonds. The Morgan fingerprint density at radius 3 is 2.32 bits per heavy atom. The summed E-state index contributed by atoms with van der Waals surface area (Å²) in [5.41, 5.74) is 1.05. The summed E-state index contributed by atoms with van der Waals surface area (Å²) in [5.74, 6) is -2.46. The van der Waals surface area contributed by atoms with Crippen LogP contribution in [-0.4, -0.2) is 37.0 Å². The summed E-state index contributed by atoms with van der Waals surface area (Å²) in [6.07, 6.45) is 1.34. The maximum Gasteiger partial charge on any atom is 0.260 e. The van der Waals surface area contributed by atoms with Crippen LogP contribution in [0.2, 0.25) is 0 Å². The molecule has 2 aromatic rings. The highest BCUT2D eigenvalue weighted by atomic mass is 79.9. The van der Waals surface area contributed by atoms with Gasteiger partial charge in [0.25, 0.3) is 11.8 Å². The Balaban J connectivity index is 1.63. The van der Waals surface area contributed by atoms with Crippen LogP contribution in [0, 0.1) is 11.6 Å². The lowest BCUT2D eigenvalue weighted by molar-refractivity contribution is -0.114. The van der Waals surface area contributed by atoms with E-state index in [1.807, 2.05) is 13.8 Å². The van der Waals surface area contributed by atoms with Gasteiger partial charge in [-0.1, -0.05) is 15.9 Å². The van der Waals surface area contributed by atoms with Crippen molar-refractivity contribution in [3.05, 3.63) is 63.8 Å². The first-order valence-electron chi connectivity index (χ1n) is 9.85. The Labute approximate surface area is 186 Å². The van der Waals surface area contributed by atoms with Crippen molar-refractivity contribution in [3.8, 4) is 0 Å². The smallest absolute Gasteiger partial charge is 0.260 e. The molecule has 2 aromatic carbocycles. The molecule has 31 heavy (non-hydrogen) atoms. The molecule has 6 nitrogen and oxygen atoms in total. The largest absolute Gasteiger partial charge is 0.364 e. The van der Waals surface area contributed by atoms with Crippen LogP contribution >= 0.6 is 15.9 Å². The Kier molecular flexibility index (Phi) is 5.81. The number of anilines is 2. The van der Waals surface area contributed by atoms with Gasteiger partial charge in [-0.25, -0.2) is 8.78 Å². The molecule has 0 saturated carbocycles. The maximum absolute atomic E-state index is 14.8. The highest BCUT2D eigenvalue weighted by Gasteiger charge is 2.28. The molecular formula is C22H21BrF2N4O2. The minimum atomic E-state index is -0.686. The van der Waals surface area contributed by atoms with Gasteiger partial charge in [0.2, 0.25) is 0 Å². The van der Waals surface area contributed by atoms with Gasteiger partial charge in [0, 0.05) is 52.7 Å². The summed E-state index contributed by atoms with van der Waals surface area (Å²) < 4.78 is 30.4. The third-order valence-corrected chi connectivity index (χ3v) is 5.76. The van der Waals surface area contributed by atoms with Crippen molar-refractivity contribution < 1.29 is 18.4 Å². The Bertz CT molecular complexity index is 1070. The van der Waals surface area contributed by atoms with E-state index in [0.717, 1.165) is 0 Å². The molecule has 0 aromatic heterocycles. The second-order valence-electron chi connectivity index (χ2n) is 7.84. The van der Waals surface area contributed by atoms with E-state index in [2.05, 4.69) is 31.9 Å². The van der Waals surface area contributed by atoms with Gasteiger partial charge in [-0.3, -0.25) is 14.9 Å². The summed E-state index contributed by atoms with van der Waals surface area (Å²) in [6.45, 7) is 4.93. The quantitative estimate of drug-likeness (QED) is 0.452. The highest BCUT2D eigenvalue weighted by molar-refractivity contribution is 9.10. The normalized spacial score (nSPS) is 22.4. The lowest BCUT2D eigenvalue weighted by Gasteiger charge is -2.37. The Morgan fingerprint density at radius 1 is 1.03 bits per heavy atom. The van der Waals surface area contributed by atoms with Gasteiger partial charge in [0.15, 0.2) is 11.6 Å². The fourth-order valence-electron chi connectivity index (χ4n) is 4.06. The molecule has 3 N–H and O–H groups in total. The minimum absolute atomic E-state index is 0.0614. The van der Waals surface area contributed by atoms with Crippen molar-refractivity contribution >= 4 is 44.7 Å². The molecule has 4 rings (SSSR count). The summed E-state index contributed by atoms with van der Waals surface area (Å²) in [7, 11) is 0. The first kappa shape index (κ1) is 21.5. The number of halogens is 3. The second kappa shape index (κ2) is 8.39. The van der Waals surface area contributed by atoms with Gasteiger partial charge in [-0.2, -0.15) is 0 Å². The number of imide groups is 1. The molecule has 162 valence electrons. The second-order valence-corrected chi connectivity index (χ2v) is 8.75. The van der Waals surface area contributed by atoms with E-state index in [-0.39, 0.29) is 29.0 Å². The van der Waals surface area contributed by atoms with Crippen molar-refractivity contribution in [2.75, 3.05) is 23.3 Å². The van der Waals surface area contributed by atoms with Gasteiger partial charge in [-0.15, -0.1) is 0 Å². The molecule has 0 unspecified atom stereocenters. The predicted octanol–water partition coefficient (Wildman–Crippen LogP) is 3.64. The molecule has 2 aliphatic heterocycles. The van der Waals surface area contributed by atoms with Crippen molar-refractivity contribution in [3.63, 3.8) is 0 Å². The topological polar surface area (TPSA) is 73.5 Å². The van der Waals surface area contributed by atoms with Crippen LogP contribution in [-0.2, 0) is 4.79 Å². The van der Waals surface area contributed by atoms with Gasteiger partial charge >= 0.3 is 0 Å². The number of carbonyl (C=O) groups is 2. The monoisotopic (exact) mass is 490 g/mol. The average Bonchev–Trinajstić information content (AvgIpc) is 2.66. The Hall–Kier alpha value is -2.78. The van der Waals surface area contributed by atoms with Crippen molar-refractivity contribution in [1.29, 1.82) is 0 Å². The summed E-state index contributed by atoms with van der Waals surface area (Å²) in [5, 5.41) is 8.38. The molecule has 9 heteroatoms. The summed E-state index contributed by atoms with van der Waals surface area (Å²) in [6, 6.07) is 7.55. The molecule has 2 aliphatic rings. The fourth-order valence-corrected chi connectivity index (χ4v) is 4.42. The van der Waals surface area contributed by atoms with Gasteiger partial charge < -0.3 is 15.5 Å². The zero-order chi connectivity index (χ0) is 22.3. The van der Waals surface area contributed by atoms with E-state index in [4.69, 9.17) is 0 Å². The molecule has 0 bridgehead atoms. The standard InChI is InChI=1S/C22H21BrF2N4O2/c1-11-9-29(10-12(2)27-11)20-18(24)6-14(7-19(20)25)26-8-17-16-5-13(23)3-4-15(16)21(30)28-22(17)31/h3-8,11-12,26-27H,9-10H2,1-2H3,(H,28,30,31)/t11-,12+. The summed E-state index contributed by atoms with van der Waals surface area (Å²) in [4.78, 5) is 26.1. The average molecular weight is 491 g/mol. The number of nitrogens with one attached hydrogen (secondary N) is 3. The lowest BCUT2D eigenvalue weighted by Crippen LogP contribution is -2.54. The van der Waals surface area contributed by atoms with Gasteiger partial charge in [0.1, 0.15) is 5.69 Å². The van der Waals surface area contributed by atoms with Crippen LogP contribution < -0.4 is 20.9 Å². The first-order valence-corrected chi connectivity index (χ1v) is 10.6. The molecular weight excluding hydrogens is 470 g/mol. The number of piperazine rings is 1. The number of fused-ring (bicyclic) bond motifs is 1. The van der Waals surface area contributed by atoms with Crippen molar-refractivity contribution in [2.24, 2.45) is 0 Å². The predicted molar refractivity (Wildman–Crippen MR) is 119 cm³/mol. The number of carbonyl (C=O) groups excluding carboxylic acids is 2. The van der Waals surface area contributed by atoms with Crippen LogP contribution in [0.5, 0.6) is 0 Å². The number of rotatable bonds is 3. The van der Waals surface area contributed by atoms with Crippen LogP contribution in [0.25, 0.3) is 5.57 Å². The number of nitrogens with zero attached hydrogens (tertiary/aromatic N) is 1. The molecule has 1 fully saturated rings. The molecule has 0 aliphatic carbocycles. The number of hydrogen-bond donors (Lipinski definition) is 3. The van der Waals surface area contributed by atoms with E-state index < -0.39 is 23.4 Å². The van der Waals surface area contributed by atoms with E-state index in [1.165, 1.54) is 18.3 Å². The van der Waals surface area contributed by atoms with Crippen LogP contribution in [0.15, 0.2) is 41.0 Å². The van der Waals surface area contributed by atoms with Crippen molar-refractivity contribution in [1.82, 2.24) is 10.6 Å². The molecule has 2 heterocycles. The zero-order valence-electron chi connectivity index (χ0n) is 16.9. The molecule has 0 radical (unpaired) electrons. The summed E-state index contributed by atoms with van der Waals surface area (Å²) >= 11 is 3.33. The number of benzene rings is 2. The fraction of sp³-hybridized carbons (Fsp3) is 0.273.